The Labute approximate surface area is 288 Å². The molecule has 5 heterocycles. The van der Waals surface area contributed by atoms with Crippen molar-refractivity contribution in [1.82, 2.24) is 44.7 Å². The highest BCUT2D eigenvalue weighted by Crippen LogP contribution is 2.73. The highest BCUT2D eigenvalue weighted by Gasteiger charge is 2.79. The maximum Gasteiger partial charge on any atom is 0.394 e. The number of hydrogen-bond acceptors (Lipinski definition) is 11. The van der Waals surface area contributed by atoms with Gasteiger partial charge in [-0.1, -0.05) is 6.92 Å². The molecule has 0 spiro atoms. The number of aromatic nitrogens is 7. The zero-order valence-electron chi connectivity index (χ0n) is 28.1. The average molecular weight is 709 g/mol. The minimum Gasteiger partial charge on any atom is -0.504 e. The zero-order valence-corrected chi connectivity index (χ0v) is 28.1. The topological polar surface area (TPSA) is 173 Å². The Morgan fingerprint density at radius 3 is 2.51 bits per heavy atom. The molecular formula is C33H35F3N10O5. The number of hydrogen-bond donors (Lipinski definition) is 2. The average Bonchev–Trinajstić information content (AvgIpc) is 3.50. The number of halogens is 3. The molecule has 0 aromatic carbocycles. The van der Waals surface area contributed by atoms with E-state index in [0.29, 0.717) is 42.2 Å². The van der Waals surface area contributed by atoms with Crippen molar-refractivity contribution in [2.24, 2.45) is 5.41 Å². The van der Waals surface area contributed by atoms with Crippen LogP contribution >= 0.6 is 0 Å². The van der Waals surface area contributed by atoms with E-state index >= 15 is 0 Å². The highest BCUT2D eigenvalue weighted by molar-refractivity contribution is 5.95. The van der Waals surface area contributed by atoms with E-state index in [9.17, 15) is 32.7 Å². The molecule has 18 heteroatoms. The third kappa shape index (κ3) is 4.92. The molecule has 1 saturated heterocycles. The molecule has 51 heavy (non-hydrogen) atoms. The van der Waals surface area contributed by atoms with Crippen LogP contribution in [0.4, 0.5) is 18.9 Å². The van der Waals surface area contributed by atoms with Crippen molar-refractivity contribution >= 4 is 28.7 Å². The van der Waals surface area contributed by atoms with Gasteiger partial charge in [0.15, 0.2) is 22.6 Å². The summed E-state index contributed by atoms with van der Waals surface area (Å²) in [6.45, 7) is 3.64. The zero-order chi connectivity index (χ0) is 36.0. The van der Waals surface area contributed by atoms with Crippen LogP contribution in [0.1, 0.15) is 60.9 Å². The summed E-state index contributed by atoms with van der Waals surface area (Å²) in [5, 5.41) is 22.6. The fourth-order valence-corrected chi connectivity index (χ4v) is 8.43. The van der Waals surface area contributed by atoms with E-state index in [-0.39, 0.29) is 79.3 Å². The largest absolute Gasteiger partial charge is 0.504 e. The number of pyridine rings is 2. The molecule has 2 amide bonds. The fraction of sp³-hybridized carbons (Fsp3) is 0.515. The molecule has 2 bridgehead atoms. The predicted octanol–water partition coefficient (Wildman–Crippen LogP) is 2.45. The van der Waals surface area contributed by atoms with E-state index in [0.717, 1.165) is 0 Å². The molecule has 0 unspecified atom stereocenters. The summed E-state index contributed by atoms with van der Waals surface area (Å²) < 4.78 is 47.5. The van der Waals surface area contributed by atoms with Crippen molar-refractivity contribution in [2.45, 2.75) is 82.7 Å². The number of aromatic hydroxyl groups is 1. The van der Waals surface area contributed by atoms with E-state index in [1.807, 2.05) is 11.8 Å². The Bertz CT molecular complexity index is 2150. The van der Waals surface area contributed by atoms with E-state index in [1.165, 1.54) is 24.4 Å². The first kappa shape index (κ1) is 32.9. The summed E-state index contributed by atoms with van der Waals surface area (Å²) in [5.74, 6) is -0.900. The molecule has 4 aromatic rings. The SMILES string of the molecule is CCc1c(N2CCN(C(=O)c3ncnc(C)c3O)[C@H]3CC[C@@H]32)c(=O)c2nn(-c3ccnc(OC)c3)nc2n1CC(=O)NC12CC(C(F)(F)F)(C1)C2. The summed E-state index contributed by atoms with van der Waals surface area (Å²) in [6, 6.07) is 2.70. The molecular weight excluding hydrogens is 673 g/mol. The predicted molar refractivity (Wildman–Crippen MR) is 174 cm³/mol. The molecule has 0 radical (unpaired) electrons. The van der Waals surface area contributed by atoms with Gasteiger partial charge in [-0.05, 0) is 51.5 Å². The first-order chi connectivity index (χ1) is 24.3. The Morgan fingerprint density at radius 2 is 1.84 bits per heavy atom. The van der Waals surface area contributed by atoms with Gasteiger partial charge in [0.1, 0.15) is 18.6 Å². The van der Waals surface area contributed by atoms with E-state index in [4.69, 9.17) is 4.74 Å². The van der Waals surface area contributed by atoms with Gasteiger partial charge >= 0.3 is 6.18 Å². The number of methoxy groups -OCH3 is 1. The van der Waals surface area contributed by atoms with Gasteiger partial charge in [-0.25, -0.2) is 15.0 Å². The van der Waals surface area contributed by atoms with Crippen LogP contribution in [0.3, 0.4) is 0 Å². The monoisotopic (exact) mass is 708 g/mol. The smallest absolute Gasteiger partial charge is 0.394 e. The van der Waals surface area contributed by atoms with E-state index in [1.54, 1.807) is 28.5 Å². The van der Waals surface area contributed by atoms with Crippen LogP contribution in [0.2, 0.25) is 0 Å². The first-order valence-electron chi connectivity index (χ1n) is 16.8. The van der Waals surface area contributed by atoms with Crippen molar-refractivity contribution in [3.05, 3.63) is 52.0 Å². The van der Waals surface area contributed by atoms with Gasteiger partial charge in [-0.3, -0.25) is 14.4 Å². The maximum absolute atomic E-state index is 14.5. The number of carbonyl (C=O) groups excluding carboxylic acids is 2. The van der Waals surface area contributed by atoms with Gasteiger partial charge in [0.05, 0.1) is 29.9 Å². The van der Waals surface area contributed by atoms with Crippen molar-refractivity contribution in [3.8, 4) is 17.3 Å². The summed E-state index contributed by atoms with van der Waals surface area (Å²) in [4.78, 5) is 58.7. The second kappa shape index (κ2) is 11.4. The second-order valence-corrected chi connectivity index (χ2v) is 14.0. The number of ether oxygens (including phenoxy) is 1. The number of nitrogens with zero attached hydrogens (tertiary/aromatic N) is 9. The molecule has 5 aliphatic rings. The van der Waals surface area contributed by atoms with Crippen LogP contribution in [-0.2, 0) is 17.8 Å². The van der Waals surface area contributed by atoms with Crippen LogP contribution in [-0.4, -0.2) is 100 Å². The summed E-state index contributed by atoms with van der Waals surface area (Å²) in [7, 11) is 1.46. The van der Waals surface area contributed by atoms with Crippen molar-refractivity contribution in [2.75, 3.05) is 25.1 Å². The molecule has 268 valence electrons. The Kier molecular flexibility index (Phi) is 7.33. The number of nitrogens with one attached hydrogen (secondary N) is 1. The quantitative estimate of drug-likeness (QED) is 0.275. The van der Waals surface area contributed by atoms with Crippen LogP contribution < -0.4 is 20.4 Å². The molecule has 9 rings (SSSR count). The lowest BCUT2D eigenvalue weighted by Crippen LogP contribution is -2.78. The molecule has 4 aliphatic carbocycles. The van der Waals surface area contributed by atoms with Gasteiger partial charge in [-0.15, -0.1) is 15.0 Å². The molecule has 2 N–H and O–H groups in total. The number of rotatable bonds is 8. The fourth-order valence-electron chi connectivity index (χ4n) is 8.43. The van der Waals surface area contributed by atoms with Crippen LogP contribution in [0.5, 0.6) is 11.6 Å². The third-order valence-corrected chi connectivity index (χ3v) is 11.1. The van der Waals surface area contributed by atoms with Gasteiger partial charge in [0, 0.05) is 42.6 Å². The Morgan fingerprint density at radius 1 is 1.10 bits per heavy atom. The lowest BCUT2D eigenvalue weighted by Gasteiger charge is -2.70. The number of amides is 2. The Hall–Kier alpha value is -5.29. The molecule has 5 fully saturated rings. The summed E-state index contributed by atoms with van der Waals surface area (Å²) >= 11 is 0. The number of piperazine rings is 1. The lowest BCUT2D eigenvalue weighted by atomic mass is 9.39. The molecule has 2 atom stereocenters. The van der Waals surface area contributed by atoms with E-state index in [2.05, 4.69) is 30.5 Å². The van der Waals surface area contributed by atoms with Crippen molar-refractivity contribution < 1.29 is 32.6 Å². The van der Waals surface area contributed by atoms with Crippen molar-refractivity contribution in [3.63, 3.8) is 0 Å². The molecule has 1 aliphatic heterocycles. The minimum absolute atomic E-state index is 0.00285. The van der Waals surface area contributed by atoms with Crippen LogP contribution in [0.15, 0.2) is 29.5 Å². The molecule has 4 aromatic heterocycles. The van der Waals surface area contributed by atoms with E-state index < -0.39 is 34.4 Å². The Balaban J connectivity index is 1.17. The van der Waals surface area contributed by atoms with Gasteiger partial charge in [0.2, 0.25) is 17.2 Å². The number of fused-ring (bicyclic) bond motifs is 2. The number of aryl methyl sites for hydroxylation is 1. The number of anilines is 1. The van der Waals surface area contributed by atoms with Crippen LogP contribution in [0, 0.1) is 12.3 Å². The van der Waals surface area contributed by atoms with Gasteiger partial charge in [0.25, 0.3) is 5.91 Å². The number of alkyl halides is 3. The molecule has 4 saturated carbocycles. The minimum atomic E-state index is -4.31. The first-order valence-corrected chi connectivity index (χ1v) is 16.8. The van der Waals surface area contributed by atoms with Crippen LogP contribution in [0.25, 0.3) is 16.9 Å². The lowest BCUT2D eigenvalue weighted by molar-refractivity contribution is -0.337. The van der Waals surface area contributed by atoms with Gasteiger partial charge in [-0.2, -0.15) is 13.2 Å². The summed E-state index contributed by atoms with van der Waals surface area (Å²) in [6.07, 6.45) is -0.381. The standard InChI is InChI=1S/C33H35F3N10O5/c1-4-19-26(43-9-10-44(21-6-5-20(21)43)30(50)25-27(48)17(2)38-16-39-25)28(49)24-29(42-46(41-24)18-7-8-37-23(11-18)51-3)45(19)12-22(47)40-32-13-31(14-32,15-32)33(34,35)36/h7-8,11,16,20-21,48H,4-6,9-10,12-15H2,1-3H3,(H,40,47)/t20-,21-,31?,32?/m0/s1. The van der Waals surface area contributed by atoms with Gasteiger partial charge < -0.3 is 29.5 Å². The van der Waals surface area contributed by atoms with Crippen molar-refractivity contribution in [1.29, 1.82) is 0 Å². The maximum atomic E-state index is 14.5. The summed E-state index contributed by atoms with van der Waals surface area (Å²) in [5.41, 5.74) is -1.37. The molecule has 15 nitrogen and oxygen atoms in total. The third-order valence-electron chi connectivity index (χ3n) is 11.1. The second-order valence-electron chi connectivity index (χ2n) is 14.0. The number of carbonyl (C=O) groups is 2. The normalized spacial score (nSPS) is 25.1. The highest BCUT2D eigenvalue weighted by atomic mass is 19.4.